The van der Waals surface area contributed by atoms with E-state index in [9.17, 15) is 49.2 Å². The van der Waals surface area contributed by atoms with E-state index < -0.39 is 72.4 Å². The molecule has 1 aliphatic rings. The number of alkyl carbamates (subject to hydrolysis) is 1. The molecule has 15 nitrogen and oxygen atoms in total. The molecule has 0 aromatic heterocycles. The second kappa shape index (κ2) is 16.4. The summed E-state index contributed by atoms with van der Waals surface area (Å²) in [6, 6.07) is 14.7. The molecule has 0 aliphatic heterocycles. The van der Waals surface area contributed by atoms with Gasteiger partial charge in [-0.25, -0.2) is 4.79 Å². The summed E-state index contributed by atoms with van der Waals surface area (Å²) >= 11 is 0. The van der Waals surface area contributed by atoms with Crippen molar-refractivity contribution in [2.24, 2.45) is 0 Å². The predicted octanol–water partition coefficient (Wildman–Crippen LogP) is 1.26. The maximum Gasteiger partial charge on any atom is 0.407 e. The first-order chi connectivity index (χ1) is 23.7. The Kier molecular flexibility index (Phi) is 12.1. The SMILES string of the molecule is C[C@H](NC(=O)[C@H](Cc1ccc(O)cc1)NC(=O)[C@@H](NC(=O)[C@H](CC(=O)O)NC(=O)OCC1c2ccccc2-c2ccccc21)[C@H](C)O)C(=O)O. The molecule has 1 aliphatic carbocycles. The number of amides is 4. The number of fused-ring (bicyclic) bond motifs is 3. The van der Waals surface area contributed by atoms with Crippen LogP contribution in [0.4, 0.5) is 4.79 Å². The van der Waals surface area contributed by atoms with Crippen molar-refractivity contribution in [2.75, 3.05) is 6.61 Å². The summed E-state index contributed by atoms with van der Waals surface area (Å²) in [5.74, 6) is -6.26. The van der Waals surface area contributed by atoms with E-state index in [1.807, 2.05) is 48.5 Å². The standard InChI is InChI=1S/C35H38N4O11/c1-18(34(47)48)36-31(44)27(15-20-11-13-21(41)14-12-20)37-33(46)30(19(2)40)39-32(45)28(16-29(42)43)38-35(49)50-17-26-24-9-5-3-7-22(24)23-8-4-6-10-25(23)26/h3-14,18-19,26-28,30,40-41H,15-17H2,1-2H3,(H,36,44)(H,37,46)(H,38,49)(H,39,45)(H,42,43)(H,47,48)/t18-,19-,27-,28-,30-/m0/s1. The molecular formula is C35H38N4O11. The highest BCUT2D eigenvalue weighted by Gasteiger charge is 2.35. The molecule has 3 aromatic rings. The summed E-state index contributed by atoms with van der Waals surface area (Å²) < 4.78 is 5.44. The first-order valence-corrected chi connectivity index (χ1v) is 15.7. The number of aliphatic carboxylic acids is 2. The van der Waals surface area contributed by atoms with Gasteiger partial charge in [-0.3, -0.25) is 24.0 Å². The number of aromatic hydroxyl groups is 1. The molecule has 0 saturated carbocycles. The Morgan fingerprint density at radius 1 is 0.720 bits per heavy atom. The number of hydrogen-bond donors (Lipinski definition) is 8. The minimum Gasteiger partial charge on any atom is -0.508 e. The van der Waals surface area contributed by atoms with E-state index >= 15 is 0 Å². The van der Waals surface area contributed by atoms with Crippen molar-refractivity contribution in [1.29, 1.82) is 0 Å². The molecule has 0 bridgehead atoms. The number of carbonyl (C=O) groups excluding carboxylic acids is 4. The van der Waals surface area contributed by atoms with Crippen LogP contribution in [0.5, 0.6) is 5.75 Å². The average molecular weight is 691 g/mol. The zero-order valence-corrected chi connectivity index (χ0v) is 27.2. The average Bonchev–Trinajstić information content (AvgIpc) is 3.39. The number of carboxylic acid groups (broad SMARTS) is 2. The van der Waals surface area contributed by atoms with E-state index in [0.29, 0.717) is 5.56 Å². The predicted molar refractivity (Wildman–Crippen MR) is 177 cm³/mol. The fraction of sp³-hybridized carbons (Fsp3) is 0.314. The zero-order chi connectivity index (χ0) is 36.5. The summed E-state index contributed by atoms with van der Waals surface area (Å²) in [5.41, 5.74) is 4.31. The van der Waals surface area contributed by atoms with Crippen LogP contribution in [-0.4, -0.2) is 93.1 Å². The Morgan fingerprint density at radius 2 is 1.28 bits per heavy atom. The van der Waals surface area contributed by atoms with Crippen molar-refractivity contribution in [2.45, 2.75) is 62.9 Å². The molecule has 0 saturated heterocycles. The number of rotatable bonds is 15. The lowest BCUT2D eigenvalue weighted by Gasteiger charge is -2.27. The van der Waals surface area contributed by atoms with Crippen molar-refractivity contribution in [3.8, 4) is 16.9 Å². The number of ether oxygens (including phenoxy) is 1. The summed E-state index contributed by atoms with van der Waals surface area (Å²) in [4.78, 5) is 75.5. The second-order valence-electron chi connectivity index (χ2n) is 11.8. The second-order valence-corrected chi connectivity index (χ2v) is 11.8. The number of carbonyl (C=O) groups is 6. The normalized spacial score (nSPS) is 14.8. The maximum atomic E-state index is 13.4. The summed E-state index contributed by atoms with van der Waals surface area (Å²) in [5, 5.41) is 47.8. The largest absolute Gasteiger partial charge is 0.508 e. The molecule has 0 spiro atoms. The molecule has 15 heteroatoms. The van der Waals surface area contributed by atoms with Crippen LogP contribution in [0.15, 0.2) is 72.8 Å². The van der Waals surface area contributed by atoms with Gasteiger partial charge in [0.05, 0.1) is 12.5 Å². The highest BCUT2D eigenvalue weighted by Crippen LogP contribution is 2.44. The number of carboxylic acids is 2. The summed E-state index contributed by atoms with van der Waals surface area (Å²) in [7, 11) is 0. The number of phenolic OH excluding ortho intramolecular Hbond substituents is 1. The minimum atomic E-state index is -1.74. The third-order valence-electron chi connectivity index (χ3n) is 8.13. The van der Waals surface area contributed by atoms with Crippen molar-refractivity contribution < 1.29 is 53.9 Å². The van der Waals surface area contributed by atoms with Gasteiger partial charge in [0.2, 0.25) is 17.7 Å². The Hall–Kier alpha value is -5.96. The van der Waals surface area contributed by atoms with Crippen LogP contribution in [0.2, 0.25) is 0 Å². The Bertz CT molecular complexity index is 1700. The van der Waals surface area contributed by atoms with Crippen LogP contribution in [0, 0.1) is 0 Å². The van der Waals surface area contributed by atoms with Crippen molar-refractivity contribution in [3.63, 3.8) is 0 Å². The van der Waals surface area contributed by atoms with E-state index in [1.54, 1.807) is 0 Å². The van der Waals surface area contributed by atoms with Gasteiger partial charge in [0, 0.05) is 12.3 Å². The van der Waals surface area contributed by atoms with E-state index in [1.165, 1.54) is 31.2 Å². The van der Waals surface area contributed by atoms with Crippen LogP contribution in [-0.2, 0) is 35.1 Å². The Balaban J connectivity index is 1.44. The number of aliphatic hydroxyl groups is 1. The van der Waals surface area contributed by atoms with Gasteiger partial charge < -0.3 is 46.4 Å². The molecule has 5 atom stereocenters. The van der Waals surface area contributed by atoms with E-state index in [0.717, 1.165) is 29.2 Å². The molecule has 264 valence electrons. The summed E-state index contributed by atoms with van der Waals surface area (Å²) in [6.45, 7) is 2.26. The third kappa shape index (κ3) is 9.35. The van der Waals surface area contributed by atoms with E-state index in [4.69, 9.17) is 4.74 Å². The molecule has 3 aromatic carbocycles. The molecular weight excluding hydrogens is 652 g/mol. The lowest BCUT2D eigenvalue weighted by molar-refractivity contribution is -0.142. The number of aliphatic hydroxyl groups excluding tert-OH is 1. The lowest BCUT2D eigenvalue weighted by Crippen LogP contribution is -2.60. The topological polar surface area (TPSA) is 241 Å². The van der Waals surface area contributed by atoms with Crippen LogP contribution < -0.4 is 21.3 Å². The van der Waals surface area contributed by atoms with E-state index in [-0.39, 0.29) is 24.7 Å². The van der Waals surface area contributed by atoms with Gasteiger partial charge in [0.15, 0.2) is 0 Å². The van der Waals surface area contributed by atoms with Crippen molar-refractivity contribution >= 4 is 35.8 Å². The Morgan fingerprint density at radius 3 is 1.82 bits per heavy atom. The highest BCUT2D eigenvalue weighted by atomic mass is 16.5. The van der Waals surface area contributed by atoms with E-state index in [2.05, 4.69) is 21.3 Å². The van der Waals surface area contributed by atoms with Gasteiger partial charge in [-0.1, -0.05) is 60.7 Å². The molecule has 0 heterocycles. The van der Waals surface area contributed by atoms with Gasteiger partial charge in [0.25, 0.3) is 0 Å². The molecule has 0 radical (unpaired) electrons. The third-order valence-corrected chi connectivity index (χ3v) is 8.13. The molecule has 4 amide bonds. The highest BCUT2D eigenvalue weighted by molar-refractivity contribution is 5.96. The first-order valence-electron chi connectivity index (χ1n) is 15.7. The van der Waals surface area contributed by atoms with Crippen LogP contribution in [0.25, 0.3) is 11.1 Å². The quantitative estimate of drug-likeness (QED) is 0.113. The van der Waals surface area contributed by atoms with Gasteiger partial charge in [-0.15, -0.1) is 0 Å². The molecule has 50 heavy (non-hydrogen) atoms. The molecule has 0 unspecified atom stereocenters. The molecule has 8 N–H and O–H groups in total. The van der Waals surface area contributed by atoms with Crippen molar-refractivity contribution in [1.82, 2.24) is 21.3 Å². The van der Waals surface area contributed by atoms with Gasteiger partial charge in [0.1, 0.15) is 36.5 Å². The van der Waals surface area contributed by atoms with Crippen LogP contribution in [0.3, 0.4) is 0 Å². The summed E-state index contributed by atoms with van der Waals surface area (Å²) in [6.07, 6.45) is -3.74. The number of hydrogen-bond acceptors (Lipinski definition) is 9. The first kappa shape index (κ1) is 36.9. The van der Waals surface area contributed by atoms with Crippen LogP contribution >= 0.6 is 0 Å². The zero-order valence-electron chi connectivity index (χ0n) is 27.2. The molecule has 0 fully saturated rings. The monoisotopic (exact) mass is 690 g/mol. The number of nitrogens with one attached hydrogen (secondary N) is 4. The van der Waals surface area contributed by atoms with Crippen molar-refractivity contribution in [3.05, 3.63) is 89.5 Å². The molecule has 4 rings (SSSR count). The van der Waals surface area contributed by atoms with Crippen LogP contribution in [0.1, 0.15) is 42.9 Å². The lowest BCUT2D eigenvalue weighted by atomic mass is 9.98. The minimum absolute atomic E-state index is 0.0576. The smallest absolute Gasteiger partial charge is 0.407 e. The van der Waals surface area contributed by atoms with Gasteiger partial charge >= 0.3 is 18.0 Å². The van der Waals surface area contributed by atoms with Gasteiger partial charge in [-0.05, 0) is 53.8 Å². The maximum absolute atomic E-state index is 13.4. The number of benzene rings is 3. The van der Waals surface area contributed by atoms with Gasteiger partial charge in [-0.2, -0.15) is 0 Å². The Labute approximate surface area is 286 Å². The number of phenols is 1. The fourth-order valence-electron chi connectivity index (χ4n) is 5.54. The fourth-order valence-corrected chi connectivity index (χ4v) is 5.54.